The minimum absolute atomic E-state index is 0.0724. The Morgan fingerprint density at radius 2 is 1.74 bits per heavy atom. The lowest BCUT2D eigenvalue weighted by Gasteiger charge is -2.55. The van der Waals surface area contributed by atoms with Crippen molar-refractivity contribution < 1.29 is 19.7 Å². The number of hydrogen-bond acceptors (Lipinski definition) is 4. The van der Waals surface area contributed by atoms with E-state index in [-0.39, 0.29) is 29.3 Å². The highest BCUT2D eigenvalue weighted by Crippen LogP contribution is 2.58. The van der Waals surface area contributed by atoms with Crippen molar-refractivity contribution >= 4 is 0 Å². The number of aliphatic hydroxyl groups is 2. The van der Waals surface area contributed by atoms with Crippen molar-refractivity contribution in [3.63, 3.8) is 0 Å². The van der Waals surface area contributed by atoms with Crippen LogP contribution in [0.5, 0.6) is 5.75 Å². The molecule has 0 aromatic heterocycles. The fourth-order valence-electron chi connectivity index (χ4n) is 8.22. The molecule has 1 aromatic carbocycles. The van der Waals surface area contributed by atoms with Crippen LogP contribution in [0, 0.1) is 35.0 Å². The quantitative estimate of drug-likeness (QED) is 0.363. The lowest BCUT2D eigenvalue weighted by atomic mass is 9.51. The Bertz CT molecular complexity index is 1000. The summed E-state index contributed by atoms with van der Waals surface area (Å²) < 4.78 is 12.4. The maximum Gasteiger partial charge on any atom is 0.119 e. The second-order valence-corrected chi connectivity index (χ2v) is 12.7. The smallest absolute Gasteiger partial charge is 0.119 e. The third-order valence-electron chi connectivity index (χ3n) is 10.3. The van der Waals surface area contributed by atoms with Crippen molar-refractivity contribution in [1.82, 2.24) is 0 Å². The molecule has 5 rings (SSSR count). The van der Waals surface area contributed by atoms with Gasteiger partial charge in [0.25, 0.3) is 0 Å². The van der Waals surface area contributed by atoms with Crippen molar-refractivity contribution in [2.75, 3.05) is 13.2 Å². The van der Waals surface area contributed by atoms with Crippen LogP contribution < -0.4 is 4.74 Å². The van der Waals surface area contributed by atoms with Gasteiger partial charge in [-0.15, -0.1) is 0 Å². The van der Waals surface area contributed by atoms with Crippen LogP contribution in [-0.4, -0.2) is 29.5 Å². The summed E-state index contributed by atoms with van der Waals surface area (Å²) in [5.74, 6) is 4.13. The third kappa shape index (κ3) is 6.01. The van der Waals surface area contributed by atoms with E-state index >= 15 is 0 Å². The molecular formula is C34H48O4. The Kier molecular flexibility index (Phi) is 8.88. The summed E-state index contributed by atoms with van der Waals surface area (Å²) in [4.78, 5) is 0. The van der Waals surface area contributed by atoms with Crippen molar-refractivity contribution in [2.24, 2.45) is 35.0 Å². The molecule has 1 aromatic rings. The first kappa shape index (κ1) is 27.4. The predicted octanol–water partition coefficient (Wildman–Crippen LogP) is 8.15. The van der Waals surface area contributed by atoms with Gasteiger partial charge in [-0.1, -0.05) is 56.5 Å². The van der Waals surface area contributed by atoms with Crippen LogP contribution in [0.15, 0.2) is 65.7 Å². The summed E-state index contributed by atoms with van der Waals surface area (Å²) in [6, 6.07) is 10.0. The molecule has 6 atom stereocenters. The molecule has 38 heavy (non-hydrogen) atoms. The van der Waals surface area contributed by atoms with Gasteiger partial charge in [0.1, 0.15) is 5.75 Å². The summed E-state index contributed by atoms with van der Waals surface area (Å²) in [7, 11) is 0. The van der Waals surface area contributed by atoms with E-state index in [0.717, 1.165) is 55.6 Å². The summed E-state index contributed by atoms with van der Waals surface area (Å²) >= 11 is 0. The molecule has 0 aliphatic heterocycles. The van der Waals surface area contributed by atoms with Crippen LogP contribution in [0.2, 0.25) is 0 Å². The van der Waals surface area contributed by atoms with Gasteiger partial charge in [0, 0.05) is 12.3 Å². The highest BCUT2D eigenvalue weighted by Gasteiger charge is 2.51. The third-order valence-corrected chi connectivity index (χ3v) is 10.3. The molecule has 0 amide bonds. The standard InChI is InChI=1S/C34H48O4/c1-24-18-28(20-26(32(24)35)22-37-30-12-6-3-7-13-30)34(16-10-5-11-17-34)29-19-25(2)33(36)27(21-29)23-38-31-14-8-4-9-15-31/h3-4,6-8,12-14,24,26-29,32,35-36H,5,9-11,15-23H2,1-2H3. The minimum Gasteiger partial charge on any atom is -0.512 e. The van der Waals surface area contributed by atoms with Gasteiger partial charge in [-0.05, 0) is 98.8 Å². The molecule has 4 aliphatic carbocycles. The van der Waals surface area contributed by atoms with Crippen molar-refractivity contribution in [2.45, 2.75) is 90.6 Å². The molecule has 0 radical (unpaired) electrons. The zero-order valence-corrected chi connectivity index (χ0v) is 23.5. The lowest BCUT2D eigenvalue weighted by molar-refractivity contribution is -0.0833. The predicted molar refractivity (Wildman–Crippen MR) is 153 cm³/mol. The van der Waals surface area contributed by atoms with E-state index in [0.29, 0.717) is 30.8 Å². The van der Waals surface area contributed by atoms with Crippen molar-refractivity contribution in [3.05, 3.63) is 65.7 Å². The number of hydrogen-bond donors (Lipinski definition) is 2. The van der Waals surface area contributed by atoms with E-state index in [1.54, 1.807) is 0 Å². The Morgan fingerprint density at radius 3 is 2.47 bits per heavy atom. The molecule has 0 heterocycles. The highest BCUT2D eigenvalue weighted by molar-refractivity contribution is 5.21. The van der Waals surface area contributed by atoms with Crippen LogP contribution in [-0.2, 0) is 4.74 Å². The van der Waals surface area contributed by atoms with Crippen molar-refractivity contribution in [1.29, 1.82) is 0 Å². The number of para-hydroxylation sites is 1. The Morgan fingerprint density at radius 1 is 0.947 bits per heavy atom. The van der Waals surface area contributed by atoms with E-state index in [4.69, 9.17) is 9.47 Å². The van der Waals surface area contributed by atoms with E-state index in [1.807, 2.05) is 30.3 Å². The molecule has 2 N–H and O–H groups in total. The maximum atomic E-state index is 11.2. The van der Waals surface area contributed by atoms with Gasteiger partial charge < -0.3 is 19.7 Å². The number of benzene rings is 1. The molecule has 0 spiro atoms. The number of allylic oxidation sites excluding steroid dienone is 5. The van der Waals surface area contributed by atoms with Crippen LogP contribution >= 0.6 is 0 Å². The van der Waals surface area contributed by atoms with E-state index < -0.39 is 0 Å². The molecule has 208 valence electrons. The Balaban J connectivity index is 1.33. The first-order valence-electron chi connectivity index (χ1n) is 15.2. The molecule has 0 saturated heterocycles. The van der Waals surface area contributed by atoms with Gasteiger partial charge in [0.15, 0.2) is 0 Å². The van der Waals surface area contributed by atoms with Crippen molar-refractivity contribution in [3.8, 4) is 5.75 Å². The first-order chi connectivity index (χ1) is 18.5. The normalized spacial score (nSPS) is 33.5. The lowest BCUT2D eigenvalue weighted by Crippen LogP contribution is -2.49. The van der Waals surface area contributed by atoms with Crippen LogP contribution in [0.1, 0.15) is 84.5 Å². The average Bonchev–Trinajstić information content (AvgIpc) is 2.96. The molecule has 2 fully saturated rings. The van der Waals surface area contributed by atoms with Gasteiger partial charge in [-0.2, -0.15) is 0 Å². The molecule has 6 unspecified atom stereocenters. The van der Waals surface area contributed by atoms with E-state index in [1.165, 1.54) is 32.1 Å². The van der Waals surface area contributed by atoms with Gasteiger partial charge in [0.05, 0.1) is 36.8 Å². The van der Waals surface area contributed by atoms with Gasteiger partial charge in [-0.3, -0.25) is 0 Å². The summed E-state index contributed by atoms with van der Waals surface area (Å²) in [6.07, 6.45) is 18.6. The maximum absolute atomic E-state index is 11.2. The van der Waals surface area contributed by atoms with E-state index in [9.17, 15) is 10.2 Å². The monoisotopic (exact) mass is 520 g/mol. The second-order valence-electron chi connectivity index (χ2n) is 12.7. The number of aliphatic hydroxyl groups excluding tert-OH is 2. The fourth-order valence-corrected chi connectivity index (χ4v) is 8.22. The zero-order valence-electron chi connectivity index (χ0n) is 23.5. The average molecular weight is 521 g/mol. The minimum atomic E-state index is -0.313. The fraction of sp³-hybridized carbons (Fsp3) is 0.647. The zero-order chi connectivity index (χ0) is 26.5. The van der Waals surface area contributed by atoms with E-state index in [2.05, 4.69) is 32.1 Å². The summed E-state index contributed by atoms with van der Waals surface area (Å²) in [6.45, 7) is 5.52. The van der Waals surface area contributed by atoms with Crippen LogP contribution in [0.3, 0.4) is 0 Å². The molecule has 4 aliphatic rings. The van der Waals surface area contributed by atoms with Crippen LogP contribution in [0.4, 0.5) is 0 Å². The largest absolute Gasteiger partial charge is 0.512 e. The molecule has 4 nitrogen and oxygen atoms in total. The molecule has 0 bridgehead atoms. The molecule has 4 heteroatoms. The number of ether oxygens (including phenoxy) is 2. The van der Waals surface area contributed by atoms with Crippen LogP contribution in [0.25, 0.3) is 0 Å². The SMILES string of the molecule is CC1=C(O)C(COC2=CC=CCC2)CC(C2(C3CC(C)C(O)C(COc4ccccc4)C3)CCCCC2)C1. The number of rotatable bonds is 8. The summed E-state index contributed by atoms with van der Waals surface area (Å²) in [5, 5.41) is 22.3. The van der Waals surface area contributed by atoms with Gasteiger partial charge in [-0.25, -0.2) is 0 Å². The Hall–Kier alpha value is -2.20. The van der Waals surface area contributed by atoms with Gasteiger partial charge in [0.2, 0.25) is 0 Å². The Labute approximate surface area is 229 Å². The van der Waals surface area contributed by atoms with Gasteiger partial charge >= 0.3 is 0 Å². The molecular weight excluding hydrogens is 472 g/mol. The second kappa shape index (κ2) is 12.3. The summed E-state index contributed by atoms with van der Waals surface area (Å²) in [5.41, 5.74) is 1.43. The highest BCUT2D eigenvalue weighted by atomic mass is 16.5. The topological polar surface area (TPSA) is 58.9 Å². The first-order valence-corrected chi connectivity index (χ1v) is 15.2. The molecule has 2 saturated carbocycles.